The highest BCUT2D eigenvalue weighted by Gasteiger charge is 2.15. The van der Waals surface area contributed by atoms with E-state index in [0.717, 1.165) is 49.4 Å². The fraction of sp³-hybridized carbons (Fsp3) is 0.368. The summed E-state index contributed by atoms with van der Waals surface area (Å²) in [6.07, 6.45) is 2.63. The molecular formula is C19H21Cl2NO2. The van der Waals surface area contributed by atoms with Crippen molar-refractivity contribution in [3.63, 3.8) is 0 Å². The normalized spacial score (nSPS) is 17.2. The molecule has 2 aromatic carbocycles. The van der Waals surface area contributed by atoms with Gasteiger partial charge in [0.1, 0.15) is 12.4 Å². The molecule has 128 valence electrons. The van der Waals surface area contributed by atoms with E-state index in [1.54, 1.807) is 0 Å². The van der Waals surface area contributed by atoms with Gasteiger partial charge < -0.3 is 14.8 Å². The van der Waals surface area contributed by atoms with Crippen molar-refractivity contribution in [2.45, 2.75) is 32.1 Å². The average Bonchev–Trinajstić information content (AvgIpc) is 3.09. The average molecular weight is 366 g/mol. The van der Waals surface area contributed by atoms with Gasteiger partial charge in [0.15, 0.2) is 0 Å². The van der Waals surface area contributed by atoms with Gasteiger partial charge in [-0.05, 0) is 31.0 Å². The van der Waals surface area contributed by atoms with Crippen LogP contribution in [0.1, 0.15) is 24.0 Å². The number of hydrogen-bond acceptors (Lipinski definition) is 3. The molecular weight excluding hydrogens is 345 g/mol. The fourth-order valence-corrected chi connectivity index (χ4v) is 3.29. The third kappa shape index (κ3) is 4.64. The first kappa shape index (κ1) is 17.6. The molecule has 2 aromatic rings. The molecule has 1 N–H and O–H groups in total. The Labute approximate surface area is 152 Å². The summed E-state index contributed by atoms with van der Waals surface area (Å²) in [4.78, 5) is 0. The zero-order chi connectivity index (χ0) is 16.8. The van der Waals surface area contributed by atoms with Gasteiger partial charge in [-0.1, -0.05) is 47.5 Å². The van der Waals surface area contributed by atoms with Crippen molar-refractivity contribution in [2.75, 3.05) is 13.2 Å². The molecule has 0 spiro atoms. The van der Waals surface area contributed by atoms with E-state index in [-0.39, 0.29) is 0 Å². The Balaban J connectivity index is 1.59. The molecule has 0 aliphatic carbocycles. The van der Waals surface area contributed by atoms with E-state index in [1.165, 1.54) is 0 Å². The maximum atomic E-state index is 6.20. The van der Waals surface area contributed by atoms with Crippen molar-refractivity contribution in [1.82, 2.24) is 5.32 Å². The quantitative estimate of drug-likeness (QED) is 0.761. The largest absolute Gasteiger partial charge is 0.488 e. The van der Waals surface area contributed by atoms with Gasteiger partial charge in [0.25, 0.3) is 0 Å². The van der Waals surface area contributed by atoms with Gasteiger partial charge in [-0.15, -0.1) is 0 Å². The van der Waals surface area contributed by atoms with Crippen LogP contribution >= 0.6 is 23.2 Å². The molecule has 0 saturated carbocycles. The van der Waals surface area contributed by atoms with Crippen LogP contribution in [-0.2, 0) is 17.9 Å². The molecule has 0 aromatic heterocycles. The van der Waals surface area contributed by atoms with Crippen LogP contribution in [0.4, 0.5) is 0 Å². The maximum Gasteiger partial charge on any atom is 0.124 e. The first-order valence-corrected chi connectivity index (χ1v) is 8.95. The highest BCUT2D eigenvalue weighted by Crippen LogP contribution is 2.27. The molecule has 1 atom stereocenters. The Bertz CT molecular complexity index is 652. The van der Waals surface area contributed by atoms with Gasteiger partial charge >= 0.3 is 0 Å². The summed E-state index contributed by atoms with van der Waals surface area (Å²) in [5.74, 6) is 0.841. The highest BCUT2D eigenvalue weighted by molar-refractivity contribution is 6.35. The molecule has 3 nitrogen and oxygen atoms in total. The number of hydrogen-bond donors (Lipinski definition) is 1. The molecule has 1 aliphatic rings. The van der Waals surface area contributed by atoms with Crippen LogP contribution in [0.3, 0.4) is 0 Å². The topological polar surface area (TPSA) is 30.5 Å². The number of ether oxygens (including phenoxy) is 2. The molecule has 3 rings (SSSR count). The Morgan fingerprint density at radius 2 is 1.88 bits per heavy atom. The second-order valence-electron chi connectivity index (χ2n) is 5.86. The molecule has 5 heteroatoms. The van der Waals surface area contributed by atoms with Gasteiger partial charge in [0, 0.05) is 40.9 Å². The summed E-state index contributed by atoms with van der Waals surface area (Å²) in [6.45, 7) is 2.84. The van der Waals surface area contributed by atoms with E-state index in [1.807, 2.05) is 36.4 Å². The van der Waals surface area contributed by atoms with Gasteiger partial charge in [0.05, 0.1) is 6.10 Å². The lowest BCUT2D eigenvalue weighted by atomic mass is 10.2. The van der Waals surface area contributed by atoms with Crippen molar-refractivity contribution in [1.29, 1.82) is 0 Å². The zero-order valence-corrected chi connectivity index (χ0v) is 14.9. The van der Waals surface area contributed by atoms with E-state index in [2.05, 4.69) is 11.4 Å². The Morgan fingerprint density at radius 3 is 2.62 bits per heavy atom. The molecule has 1 aliphatic heterocycles. The minimum Gasteiger partial charge on any atom is -0.488 e. The van der Waals surface area contributed by atoms with Crippen molar-refractivity contribution >= 4 is 23.2 Å². The third-order valence-corrected chi connectivity index (χ3v) is 4.83. The molecule has 0 bridgehead atoms. The van der Waals surface area contributed by atoms with Crippen LogP contribution in [0.2, 0.25) is 10.0 Å². The second-order valence-corrected chi connectivity index (χ2v) is 6.68. The fourth-order valence-electron chi connectivity index (χ4n) is 2.78. The Hall–Kier alpha value is -1.26. The number of rotatable bonds is 7. The first-order chi connectivity index (χ1) is 11.7. The van der Waals surface area contributed by atoms with E-state index in [4.69, 9.17) is 32.7 Å². The predicted octanol–water partition coefficient (Wildman–Crippen LogP) is 4.84. The van der Waals surface area contributed by atoms with Crippen LogP contribution < -0.4 is 10.1 Å². The summed E-state index contributed by atoms with van der Waals surface area (Å²) in [6, 6.07) is 13.5. The summed E-state index contributed by atoms with van der Waals surface area (Å²) in [5, 5.41) is 4.69. The third-order valence-electron chi connectivity index (χ3n) is 4.12. The molecule has 24 heavy (non-hydrogen) atoms. The molecule has 0 radical (unpaired) electrons. The minimum atomic E-state index is 0.333. The van der Waals surface area contributed by atoms with E-state index in [0.29, 0.717) is 22.8 Å². The second kappa shape index (κ2) is 8.72. The van der Waals surface area contributed by atoms with Crippen LogP contribution in [0.5, 0.6) is 5.75 Å². The van der Waals surface area contributed by atoms with E-state index in [9.17, 15) is 0 Å². The van der Waals surface area contributed by atoms with Gasteiger partial charge in [-0.2, -0.15) is 0 Å². The smallest absolute Gasteiger partial charge is 0.124 e. The molecule has 1 fully saturated rings. The SMILES string of the molecule is Clc1cccc(Cl)c1COc1ccccc1CNC[C@H]1CCCO1. The predicted molar refractivity (Wildman–Crippen MR) is 97.9 cm³/mol. The summed E-state index contributed by atoms with van der Waals surface area (Å²) in [5.41, 5.74) is 1.92. The van der Waals surface area contributed by atoms with Crippen molar-refractivity contribution < 1.29 is 9.47 Å². The summed E-state index contributed by atoms with van der Waals surface area (Å²) >= 11 is 12.4. The van der Waals surface area contributed by atoms with Crippen LogP contribution in [0.25, 0.3) is 0 Å². The minimum absolute atomic E-state index is 0.333. The number of nitrogens with one attached hydrogen (secondary N) is 1. The standard InChI is InChI=1S/C19H21Cl2NO2/c20-17-7-3-8-18(21)16(17)13-24-19-9-2-1-5-14(19)11-22-12-15-6-4-10-23-15/h1-3,5,7-9,15,22H,4,6,10-13H2/t15-/m1/s1. The molecule has 1 saturated heterocycles. The number of para-hydroxylation sites is 1. The lowest BCUT2D eigenvalue weighted by Crippen LogP contribution is -2.26. The van der Waals surface area contributed by atoms with Crippen molar-refractivity contribution in [3.05, 3.63) is 63.6 Å². The number of benzene rings is 2. The Morgan fingerprint density at radius 1 is 1.08 bits per heavy atom. The summed E-state index contributed by atoms with van der Waals surface area (Å²) in [7, 11) is 0. The molecule has 0 unspecified atom stereocenters. The van der Waals surface area contributed by atoms with Crippen LogP contribution in [0, 0.1) is 0 Å². The molecule has 1 heterocycles. The first-order valence-electron chi connectivity index (χ1n) is 8.20. The van der Waals surface area contributed by atoms with E-state index >= 15 is 0 Å². The van der Waals surface area contributed by atoms with Crippen molar-refractivity contribution in [3.8, 4) is 5.75 Å². The van der Waals surface area contributed by atoms with Gasteiger partial charge in [0.2, 0.25) is 0 Å². The number of halogens is 2. The van der Waals surface area contributed by atoms with E-state index < -0.39 is 0 Å². The lowest BCUT2D eigenvalue weighted by Gasteiger charge is -2.15. The summed E-state index contributed by atoms with van der Waals surface area (Å²) < 4.78 is 11.6. The maximum absolute atomic E-state index is 6.20. The monoisotopic (exact) mass is 365 g/mol. The van der Waals surface area contributed by atoms with Crippen LogP contribution in [-0.4, -0.2) is 19.3 Å². The zero-order valence-electron chi connectivity index (χ0n) is 13.4. The lowest BCUT2D eigenvalue weighted by molar-refractivity contribution is 0.110. The Kier molecular flexibility index (Phi) is 6.38. The molecule has 0 amide bonds. The van der Waals surface area contributed by atoms with Gasteiger partial charge in [-0.25, -0.2) is 0 Å². The van der Waals surface area contributed by atoms with Crippen LogP contribution in [0.15, 0.2) is 42.5 Å². The van der Waals surface area contributed by atoms with Crippen molar-refractivity contribution in [2.24, 2.45) is 0 Å². The van der Waals surface area contributed by atoms with Gasteiger partial charge in [-0.3, -0.25) is 0 Å². The highest BCUT2D eigenvalue weighted by atomic mass is 35.5.